The molecule has 25 N–H and O–H groups in total. The Balaban J connectivity index is 0.00000264. The standard InChI is InChI=1S/C48H80O40.C3H8O/c49-1-9-33-17(57)25(65)41(73-9)82-34-10(2-50)75-43(27(67)19(34)59)84-36-12(4-52)77-45(29(69)21(36)61)86-38-14(6-54)79-47(31(71)23(38)63)88-40-16(8-56)80-48(32(72)24(40)64)87-39-15(7-55)78-46(30(70)22(39)62)85-37-13(5-53)76-44(28(68)20(37)60)83-35-11(3-51)74-42(81-33)26(66)18(35)58;1-3(2)4/h9-72H,1-8H2;3-4H,1-2H3/t9-,10-,11-,12-,13-,14-,15-,16-,17-,18-,19-,20-,21-,22-,23-,24-,25-,26-,27-,28-,29-,30-,31-,32-,33-,34-,35-,36-,37-,38-,39-,40-,41-,42-,43-,44-,45-,46-,47-,48-;/m1./s1. The van der Waals surface area contributed by atoms with Crippen molar-refractivity contribution in [2.45, 2.75) is 266 Å². The lowest BCUT2D eigenvalue weighted by atomic mass is 9.94. The minimum atomic E-state index is -2.25. The van der Waals surface area contributed by atoms with E-state index >= 15 is 0 Å². The minimum absolute atomic E-state index is 0.167. The van der Waals surface area contributed by atoms with E-state index in [1.54, 1.807) is 13.8 Å². The van der Waals surface area contributed by atoms with E-state index in [-0.39, 0.29) is 6.10 Å². The average molecular weight is 1360 g/mol. The van der Waals surface area contributed by atoms with Gasteiger partial charge >= 0.3 is 0 Å². The first-order valence-electron chi connectivity index (χ1n) is 29.5. The summed E-state index contributed by atoms with van der Waals surface area (Å²) >= 11 is 0. The van der Waals surface area contributed by atoms with Crippen LogP contribution in [0.25, 0.3) is 0 Å². The molecule has 92 heavy (non-hydrogen) atoms. The quantitative estimate of drug-likeness (QED) is 0.107. The van der Waals surface area contributed by atoms with E-state index in [0.717, 1.165) is 0 Å². The molecule has 0 aromatic carbocycles. The molecule has 16 bridgehead atoms. The molecule has 30 fully saturated rings. The van der Waals surface area contributed by atoms with Crippen LogP contribution in [0.3, 0.4) is 0 Å². The molecule has 30 rings (SSSR count). The Morgan fingerprint density at radius 2 is 0.272 bits per heavy atom. The van der Waals surface area contributed by atoms with E-state index in [2.05, 4.69) is 0 Å². The molecule has 30 aliphatic rings. The fourth-order valence-electron chi connectivity index (χ4n) is 11.9. The molecule has 0 amide bonds. The molecule has 0 aromatic rings. The van der Waals surface area contributed by atoms with Crippen LogP contribution in [0.2, 0.25) is 0 Å². The number of ether oxygens (including phenoxy) is 16. The van der Waals surface area contributed by atoms with Crippen LogP contribution in [0, 0.1) is 0 Å². The van der Waals surface area contributed by atoms with Crippen molar-refractivity contribution < 1.29 is 203 Å². The van der Waals surface area contributed by atoms with Crippen LogP contribution >= 0.6 is 0 Å². The fraction of sp³-hybridized carbons (Fsp3) is 1.00. The molecule has 41 nitrogen and oxygen atoms in total. The molecule has 40 atom stereocenters. The molecule has 0 aromatic heterocycles. The Hall–Kier alpha value is -1.64. The molecule has 41 heteroatoms. The van der Waals surface area contributed by atoms with Gasteiger partial charge in [0, 0.05) is 6.10 Å². The van der Waals surface area contributed by atoms with Crippen molar-refractivity contribution in [1.82, 2.24) is 0 Å². The number of hydrogen-bond acceptors (Lipinski definition) is 41. The maximum absolute atomic E-state index is 11.4. The van der Waals surface area contributed by atoms with Gasteiger partial charge in [0.15, 0.2) is 50.3 Å². The molecule has 30 aliphatic heterocycles. The predicted octanol–water partition coefficient (Wildman–Crippen LogP) is -17.0. The summed E-state index contributed by atoms with van der Waals surface area (Å²) in [6, 6.07) is 0. The second kappa shape index (κ2) is 33.0. The Labute approximate surface area is 521 Å². The summed E-state index contributed by atoms with van der Waals surface area (Å²) < 4.78 is 91.1. The first-order valence-corrected chi connectivity index (χ1v) is 29.5. The lowest BCUT2D eigenvalue weighted by molar-refractivity contribution is -0.404. The Morgan fingerprint density at radius 1 is 0.185 bits per heavy atom. The fourth-order valence-corrected chi connectivity index (χ4v) is 11.9. The van der Waals surface area contributed by atoms with E-state index in [0.29, 0.717) is 0 Å². The van der Waals surface area contributed by atoms with Crippen LogP contribution in [0.1, 0.15) is 13.8 Å². The van der Waals surface area contributed by atoms with Crippen molar-refractivity contribution >= 4 is 0 Å². The largest absolute Gasteiger partial charge is 0.394 e. The van der Waals surface area contributed by atoms with Gasteiger partial charge in [-0.3, -0.25) is 0 Å². The lowest BCUT2D eigenvalue weighted by Gasteiger charge is -2.50. The highest BCUT2D eigenvalue weighted by Gasteiger charge is 2.60. The summed E-state index contributed by atoms with van der Waals surface area (Å²) in [5.74, 6) is 0. The zero-order valence-corrected chi connectivity index (χ0v) is 49.0. The second-order valence-electron chi connectivity index (χ2n) is 23.6. The molecule has 0 unspecified atom stereocenters. The molecule has 0 spiro atoms. The van der Waals surface area contributed by atoms with Gasteiger partial charge in [-0.1, -0.05) is 0 Å². The number of aliphatic hydroxyl groups excluding tert-OH is 25. The Bertz CT molecular complexity index is 1760. The molecule has 538 valence electrons. The van der Waals surface area contributed by atoms with Gasteiger partial charge in [-0.15, -0.1) is 0 Å². The zero-order valence-electron chi connectivity index (χ0n) is 49.0. The Kier molecular flexibility index (Phi) is 27.3. The zero-order chi connectivity index (χ0) is 67.6. The van der Waals surface area contributed by atoms with Gasteiger partial charge in [0.1, 0.15) is 195 Å². The van der Waals surface area contributed by atoms with Crippen molar-refractivity contribution in [3.8, 4) is 0 Å². The summed E-state index contributed by atoms with van der Waals surface area (Å²) in [4.78, 5) is 0. The lowest BCUT2D eigenvalue weighted by Crippen LogP contribution is -2.69. The van der Waals surface area contributed by atoms with Gasteiger partial charge in [0.2, 0.25) is 0 Å². The van der Waals surface area contributed by atoms with Crippen LogP contribution in [0.15, 0.2) is 0 Å². The summed E-state index contributed by atoms with van der Waals surface area (Å²) in [6.07, 6.45) is -82.1. The highest BCUT2D eigenvalue weighted by Crippen LogP contribution is 2.40. The molecule has 0 saturated carbocycles. The molecule has 30 heterocycles. The van der Waals surface area contributed by atoms with Crippen LogP contribution in [-0.4, -0.2) is 432 Å². The van der Waals surface area contributed by atoms with Crippen LogP contribution in [0.4, 0.5) is 0 Å². The number of hydrogen-bond donors (Lipinski definition) is 25. The third-order valence-electron chi connectivity index (χ3n) is 16.9. The maximum Gasteiger partial charge on any atom is 0.187 e. The Morgan fingerprint density at radius 3 is 0.348 bits per heavy atom. The smallest absolute Gasteiger partial charge is 0.187 e. The first-order chi connectivity index (χ1) is 43.6. The van der Waals surface area contributed by atoms with E-state index < -0.39 is 299 Å². The van der Waals surface area contributed by atoms with Gasteiger partial charge in [0.25, 0.3) is 0 Å². The van der Waals surface area contributed by atoms with Crippen molar-refractivity contribution in [3.05, 3.63) is 0 Å². The van der Waals surface area contributed by atoms with Crippen molar-refractivity contribution in [1.29, 1.82) is 0 Å². The van der Waals surface area contributed by atoms with Gasteiger partial charge in [-0.05, 0) is 13.8 Å². The van der Waals surface area contributed by atoms with Crippen molar-refractivity contribution in [2.75, 3.05) is 52.9 Å². The monoisotopic (exact) mass is 1360 g/mol. The number of rotatable bonds is 8. The molecule has 30 saturated heterocycles. The maximum atomic E-state index is 11.4. The average Bonchev–Trinajstić information content (AvgIpc) is 1.19. The summed E-state index contributed by atoms with van der Waals surface area (Å²) in [7, 11) is 0. The van der Waals surface area contributed by atoms with Crippen molar-refractivity contribution in [3.63, 3.8) is 0 Å². The highest BCUT2D eigenvalue weighted by molar-refractivity contribution is 5.02. The van der Waals surface area contributed by atoms with Crippen LogP contribution < -0.4 is 0 Å². The van der Waals surface area contributed by atoms with Crippen LogP contribution in [-0.2, 0) is 75.8 Å². The summed E-state index contributed by atoms with van der Waals surface area (Å²) in [6.45, 7) is -5.20. The SMILES string of the molecule is CC(C)O.OC[C@H]1O[C@@H]2O[C@H]3[C@H](O)[C@@H](O)[C@@H](O[C@H]4[C@H](O)[C@@H](O)[C@@H](O[C@H]5[C@H](O)[C@@H](O)[C@@H](O[C@H]6[C@H](O)[C@@H](O)[C@@H](O[C@H]7[C@H](O)[C@@H](O)[C@@H](O[C@H]8[C@H](O)[C@@H](O)[C@@H](O[C@H]9[C@H](O)[C@@H](O)[C@@H](O[C@H]1[C@H](O)[C@H]2O)O[C@@H]9CO)O[C@@H]8CO)O[C@@H]7CO)O[C@@H]6CO)O[C@@H]5CO)O[C@@H]4CO)O[C@@H]3CO. The third kappa shape index (κ3) is 15.8. The molecular weight excluding hydrogens is 1270 g/mol. The van der Waals surface area contributed by atoms with E-state index in [9.17, 15) is 123 Å². The summed E-state index contributed by atoms with van der Waals surface area (Å²) in [5.41, 5.74) is 0. The van der Waals surface area contributed by atoms with Gasteiger partial charge in [-0.25, -0.2) is 0 Å². The normalized spacial score (nSPS) is 53.3. The minimum Gasteiger partial charge on any atom is -0.394 e. The first kappa shape index (κ1) is 76.1. The van der Waals surface area contributed by atoms with Crippen LogP contribution in [0.5, 0.6) is 0 Å². The third-order valence-corrected chi connectivity index (χ3v) is 16.9. The van der Waals surface area contributed by atoms with E-state index in [1.807, 2.05) is 0 Å². The van der Waals surface area contributed by atoms with Gasteiger partial charge in [-0.2, -0.15) is 0 Å². The van der Waals surface area contributed by atoms with E-state index in [4.69, 9.17) is 80.9 Å². The highest BCUT2D eigenvalue weighted by atomic mass is 16.8. The molecular formula is C51H88O41. The van der Waals surface area contributed by atoms with Crippen molar-refractivity contribution in [2.24, 2.45) is 0 Å². The molecule has 0 radical (unpaired) electrons. The predicted molar refractivity (Wildman–Crippen MR) is 278 cm³/mol. The second-order valence-corrected chi connectivity index (χ2v) is 23.6. The van der Waals surface area contributed by atoms with Gasteiger partial charge in [0.05, 0.1) is 52.9 Å². The topological polar surface area (TPSA) is 653 Å². The molecule has 0 aliphatic carbocycles. The van der Waals surface area contributed by atoms with E-state index in [1.165, 1.54) is 0 Å². The number of aliphatic hydroxyl groups is 25. The van der Waals surface area contributed by atoms with Gasteiger partial charge < -0.3 is 203 Å². The summed E-state index contributed by atoms with van der Waals surface area (Å²) in [5, 5.41) is 273.